The van der Waals surface area contributed by atoms with Crippen LogP contribution in [-0.4, -0.2) is 42.1 Å². The summed E-state index contributed by atoms with van der Waals surface area (Å²) < 4.78 is 26.4. The van der Waals surface area contributed by atoms with Gasteiger partial charge in [-0.3, -0.25) is 4.79 Å². The lowest BCUT2D eigenvalue weighted by Crippen LogP contribution is -2.45. The minimum atomic E-state index is -0.813. The molecule has 2 aromatic carbocycles. The van der Waals surface area contributed by atoms with E-state index in [4.69, 9.17) is 0 Å². The summed E-state index contributed by atoms with van der Waals surface area (Å²) in [6, 6.07) is 10.7. The molecule has 1 aliphatic rings. The average molecular weight is 374 g/mol. The maximum absolute atomic E-state index is 13.2. The third-order valence-corrected chi connectivity index (χ3v) is 5.11. The quantitative estimate of drug-likeness (QED) is 0.846. The van der Waals surface area contributed by atoms with E-state index in [1.807, 2.05) is 31.2 Å². The minimum absolute atomic E-state index is 0.0279. The predicted octanol–water partition coefficient (Wildman–Crippen LogP) is 2.99. The molecular formula is C21H24F2N2O2. The number of nitrogens with one attached hydrogen (secondary N) is 1. The van der Waals surface area contributed by atoms with Crippen LogP contribution in [0.15, 0.2) is 42.5 Å². The summed E-state index contributed by atoms with van der Waals surface area (Å²) in [6.07, 6.45) is 1.25. The Balaban J connectivity index is 1.47. The number of carbonyl (C=O) groups is 1. The second-order valence-corrected chi connectivity index (χ2v) is 7.15. The summed E-state index contributed by atoms with van der Waals surface area (Å²) in [4.78, 5) is 14.2. The van der Waals surface area contributed by atoms with Gasteiger partial charge in [0.2, 0.25) is 0 Å². The molecule has 0 saturated carbocycles. The molecule has 1 fully saturated rings. The molecule has 1 aliphatic heterocycles. The first kappa shape index (κ1) is 19.5. The number of amides is 1. The van der Waals surface area contributed by atoms with Crippen LogP contribution in [0.2, 0.25) is 0 Å². The van der Waals surface area contributed by atoms with Gasteiger partial charge in [-0.1, -0.05) is 29.8 Å². The fourth-order valence-electron chi connectivity index (χ4n) is 3.41. The van der Waals surface area contributed by atoms with E-state index in [-0.39, 0.29) is 5.56 Å². The van der Waals surface area contributed by atoms with Crippen LogP contribution in [0.5, 0.6) is 0 Å². The zero-order valence-corrected chi connectivity index (χ0v) is 15.3. The van der Waals surface area contributed by atoms with Crippen LogP contribution < -0.4 is 5.32 Å². The molecule has 0 atom stereocenters. The van der Waals surface area contributed by atoms with Crippen molar-refractivity contribution in [3.63, 3.8) is 0 Å². The van der Waals surface area contributed by atoms with Crippen LogP contribution in [0.3, 0.4) is 0 Å². The molecule has 0 radical (unpaired) electrons. The number of aliphatic hydroxyl groups is 1. The maximum atomic E-state index is 13.2. The van der Waals surface area contributed by atoms with Crippen molar-refractivity contribution in [3.05, 3.63) is 70.8 Å². The highest BCUT2D eigenvalue weighted by molar-refractivity contribution is 5.94. The van der Waals surface area contributed by atoms with E-state index in [0.29, 0.717) is 25.9 Å². The fourth-order valence-corrected chi connectivity index (χ4v) is 3.41. The van der Waals surface area contributed by atoms with Crippen molar-refractivity contribution < 1.29 is 18.7 Å². The van der Waals surface area contributed by atoms with E-state index in [1.165, 1.54) is 0 Å². The van der Waals surface area contributed by atoms with Gasteiger partial charge in [0.15, 0.2) is 0 Å². The molecule has 1 saturated heterocycles. The van der Waals surface area contributed by atoms with Gasteiger partial charge in [-0.05, 0) is 37.5 Å². The largest absolute Gasteiger partial charge is 0.385 e. The Morgan fingerprint density at radius 1 is 1.11 bits per heavy atom. The number of nitrogens with zero attached hydrogens (tertiary/aromatic N) is 1. The fraction of sp³-hybridized carbons (Fsp3) is 0.381. The Hall–Kier alpha value is -2.31. The number of benzene rings is 2. The summed E-state index contributed by atoms with van der Waals surface area (Å²) >= 11 is 0. The van der Waals surface area contributed by atoms with Gasteiger partial charge >= 0.3 is 0 Å². The first-order valence-corrected chi connectivity index (χ1v) is 9.12. The number of rotatable bonds is 5. The molecular weight excluding hydrogens is 350 g/mol. The molecule has 27 heavy (non-hydrogen) atoms. The summed E-state index contributed by atoms with van der Waals surface area (Å²) in [5, 5.41) is 13.6. The number of aryl methyl sites for hydroxylation is 1. The molecule has 0 bridgehead atoms. The molecule has 0 spiro atoms. The van der Waals surface area contributed by atoms with Crippen molar-refractivity contribution in [3.8, 4) is 0 Å². The van der Waals surface area contributed by atoms with Crippen molar-refractivity contribution in [2.45, 2.75) is 25.4 Å². The second kappa shape index (κ2) is 8.15. The van der Waals surface area contributed by atoms with Crippen molar-refractivity contribution >= 4 is 5.91 Å². The van der Waals surface area contributed by atoms with E-state index in [9.17, 15) is 18.7 Å². The number of likely N-dealkylation sites (tertiary alicyclic amines) is 1. The van der Waals surface area contributed by atoms with Crippen LogP contribution in [0.25, 0.3) is 0 Å². The van der Waals surface area contributed by atoms with E-state index in [1.54, 1.807) is 0 Å². The van der Waals surface area contributed by atoms with E-state index < -0.39 is 23.1 Å². The van der Waals surface area contributed by atoms with Crippen LogP contribution in [0, 0.1) is 18.6 Å². The van der Waals surface area contributed by atoms with Gasteiger partial charge in [0, 0.05) is 37.8 Å². The Morgan fingerprint density at radius 3 is 2.30 bits per heavy atom. The third kappa shape index (κ3) is 4.90. The van der Waals surface area contributed by atoms with Gasteiger partial charge in [-0.2, -0.15) is 0 Å². The Bertz CT molecular complexity index is 780. The molecule has 144 valence electrons. The molecule has 2 aromatic rings. The second-order valence-electron chi connectivity index (χ2n) is 7.15. The highest BCUT2D eigenvalue weighted by Gasteiger charge is 2.33. The molecule has 3 rings (SSSR count). The van der Waals surface area contributed by atoms with Gasteiger partial charge in [-0.25, -0.2) is 8.78 Å². The van der Waals surface area contributed by atoms with Crippen molar-refractivity contribution in [2.24, 2.45) is 0 Å². The van der Waals surface area contributed by atoms with Crippen molar-refractivity contribution in [2.75, 3.05) is 26.2 Å². The predicted molar refractivity (Wildman–Crippen MR) is 99.4 cm³/mol. The zero-order valence-electron chi connectivity index (χ0n) is 15.3. The standard InChI is InChI=1S/C21H24F2N2O2/c1-15-2-4-17(5-3-15)21(27)6-9-25(10-7-21)11-8-24-20(26)16-12-18(22)14-19(23)13-16/h2-5,12-14,27H,6-11H2,1H3,(H,24,26). The van der Waals surface area contributed by atoms with E-state index in [2.05, 4.69) is 10.2 Å². The number of carbonyl (C=O) groups excluding carboxylic acids is 1. The zero-order chi connectivity index (χ0) is 19.4. The first-order chi connectivity index (χ1) is 12.9. The topological polar surface area (TPSA) is 52.6 Å². The van der Waals surface area contributed by atoms with Gasteiger partial charge in [0.1, 0.15) is 11.6 Å². The summed E-state index contributed by atoms with van der Waals surface area (Å²) in [5.41, 5.74) is 1.26. The van der Waals surface area contributed by atoms with Gasteiger partial charge in [0.05, 0.1) is 5.60 Å². The lowest BCUT2D eigenvalue weighted by Gasteiger charge is -2.38. The molecule has 4 nitrogen and oxygen atoms in total. The Labute approximate surface area is 157 Å². The number of halogens is 2. The summed E-state index contributed by atoms with van der Waals surface area (Å²) in [7, 11) is 0. The average Bonchev–Trinajstić information content (AvgIpc) is 2.63. The van der Waals surface area contributed by atoms with Crippen LogP contribution in [0.4, 0.5) is 8.78 Å². The van der Waals surface area contributed by atoms with E-state index in [0.717, 1.165) is 42.4 Å². The maximum Gasteiger partial charge on any atom is 0.251 e. The van der Waals surface area contributed by atoms with Gasteiger partial charge < -0.3 is 15.3 Å². The molecule has 1 heterocycles. The number of piperidine rings is 1. The molecule has 0 aromatic heterocycles. The van der Waals surface area contributed by atoms with Crippen LogP contribution in [-0.2, 0) is 5.60 Å². The molecule has 6 heteroatoms. The molecule has 1 amide bonds. The first-order valence-electron chi connectivity index (χ1n) is 9.12. The Kier molecular flexibility index (Phi) is 5.87. The van der Waals surface area contributed by atoms with Crippen LogP contribution >= 0.6 is 0 Å². The Morgan fingerprint density at radius 2 is 1.70 bits per heavy atom. The third-order valence-electron chi connectivity index (χ3n) is 5.11. The van der Waals surface area contributed by atoms with E-state index >= 15 is 0 Å². The minimum Gasteiger partial charge on any atom is -0.385 e. The molecule has 2 N–H and O–H groups in total. The number of hydrogen-bond donors (Lipinski definition) is 2. The monoisotopic (exact) mass is 374 g/mol. The molecule has 0 unspecified atom stereocenters. The lowest BCUT2D eigenvalue weighted by molar-refractivity contribution is -0.0255. The van der Waals surface area contributed by atoms with Gasteiger partial charge in [0.25, 0.3) is 5.91 Å². The number of hydrogen-bond acceptors (Lipinski definition) is 3. The van der Waals surface area contributed by atoms with Crippen molar-refractivity contribution in [1.29, 1.82) is 0 Å². The SMILES string of the molecule is Cc1ccc(C2(O)CCN(CCNC(=O)c3cc(F)cc(F)c3)CC2)cc1. The normalized spacial score (nSPS) is 16.9. The highest BCUT2D eigenvalue weighted by Crippen LogP contribution is 2.32. The smallest absolute Gasteiger partial charge is 0.251 e. The molecule has 0 aliphatic carbocycles. The lowest BCUT2D eigenvalue weighted by atomic mass is 9.84. The van der Waals surface area contributed by atoms with Crippen LogP contribution in [0.1, 0.15) is 34.3 Å². The highest BCUT2D eigenvalue weighted by atomic mass is 19.1. The van der Waals surface area contributed by atoms with Gasteiger partial charge in [-0.15, -0.1) is 0 Å². The van der Waals surface area contributed by atoms with Crippen molar-refractivity contribution in [1.82, 2.24) is 10.2 Å². The summed E-state index contributed by atoms with van der Waals surface area (Å²) in [5.74, 6) is -2.04. The summed E-state index contributed by atoms with van der Waals surface area (Å²) in [6.45, 7) is 4.44.